The molecule has 1 aliphatic rings. The third-order valence-corrected chi connectivity index (χ3v) is 5.66. The fourth-order valence-corrected chi connectivity index (χ4v) is 4.03. The van der Waals surface area contributed by atoms with E-state index in [0.29, 0.717) is 17.2 Å². The number of aromatic nitrogens is 3. The first-order chi connectivity index (χ1) is 13.6. The summed E-state index contributed by atoms with van der Waals surface area (Å²) in [5, 5.41) is 0.616. The molecule has 0 radical (unpaired) electrons. The second kappa shape index (κ2) is 6.56. The maximum Gasteiger partial charge on any atom is 0.258 e. The van der Waals surface area contributed by atoms with Crippen molar-refractivity contribution in [2.24, 2.45) is 0 Å². The largest absolute Gasteiger partial charge is 0.441 e. The SMILES string of the molecule is Cc1nc2cc(-c3ccc4nc(C5CCN(C)CC5)[nH]c(=O)c4c3)ccc2o1. The number of fused-ring (bicyclic) bond motifs is 2. The Morgan fingerprint density at radius 3 is 2.61 bits per heavy atom. The van der Waals surface area contributed by atoms with Crippen LogP contribution in [0.25, 0.3) is 33.1 Å². The molecular weight excluding hydrogens is 352 g/mol. The van der Waals surface area contributed by atoms with Crippen LogP contribution < -0.4 is 5.56 Å². The molecule has 0 spiro atoms. The van der Waals surface area contributed by atoms with Gasteiger partial charge in [0.1, 0.15) is 11.3 Å². The van der Waals surface area contributed by atoms with Crippen LogP contribution in [0.15, 0.2) is 45.6 Å². The molecule has 4 aromatic rings. The summed E-state index contributed by atoms with van der Waals surface area (Å²) in [5.74, 6) is 1.79. The summed E-state index contributed by atoms with van der Waals surface area (Å²) >= 11 is 0. The third kappa shape index (κ3) is 2.99. The summed E-state index contributed by atoms with van der Waals surface area (Å²) in [6.45, 7) is 3.91. The van der Waals surface area contributed by atoms with Gasteiger partial charge in [0, 0.05) is 12.8 Å². The number of oxazole rings is 1. The van der Waals surface area contributed by atoms with Gasteiger partial charge in [0.25, 0.3) is 5.56 Å². The molecule has 3 heterocycles. The number of piperidine rings is 1. The molecule has 6 heteroatoms. The Labute approximate surface area is 162 Å². The van der Waals surface area contributed by atoms with Crippen LogP contribution in [0.3, 0.4) is 0 Å². The minimum absolute atomic E-state index is 0.0702. The van der Waals surface area contributed by atoms with Gasteiger partial charge in [-0.15, -0.1) is 0 Å². The van der Waals surface area contributed by atoms with E-state index in [0.717, 1.165) is 59.5 Å². The van der Waals surface area contributed by atoms with Crippen LogP contribution in [0, 0.1) is 6.92 Å². The first-order valence-corrected chi connectivity index (χ1v) is 9.67. The highest BCUT2D eigenvalue weighted by molar-refractivity contribution is 5.86. The zero-order valence-corrected chi connectivity index (χ0v) is 16.0. The van der Waals surface area contributed by atoms with E-state index in [9.17, 15) is 4.79 Å². The van der Waals surface area contributed by atoms with Gasteiger partial charge < -0.3 is 14.3 Å². The second-order valence-corrected chi connectivity index (χ2v) is 7.68. The quantitative estimate of drug-likeness (QED) is 0.577. The normalized spacial score (nSPS) is 16.2. The maximum absolute atomic E-state index is 12.8. The molecule has 1 N–H and O–H groups in total. The predicted octanol–water partition coefficient (Wildman–Crippen LogP) is 3.85. The Morgan fingerprint density at radius 2 is 1.79 bits per heavy atom. The fraction of sp³-hybridized carbons (Fsp3) is 0.318. The third-order valence-electron chi connectivity index (χ3n) is 5.66. The number of likely N-dealkylation sites (tertiary alicyclic amines) is 1. The zero-order valence-electron chi connectivity index (χ0n) is 16.0. The molecule has 0 amide bonds. The summed E-state index contributed by atoms with van der Waals surface area (Å²) < 4.78 is 5.55. The summed E-state index contributed by atoms with van der Waals surface area (Å²) in [5.41, 5.74) is 4.24. The van der Waals surface area contributed by atoms with Crippen LogP contribution in [0.5, 0.6) is 0 Å². The number of hydrogen-bond donors (Lipinski definition) is 1. The van der Waals surface area contributed by atoms with Crippen molar-refractivity contribution in [3.05, 3.63) is 58.5 Å². The van der Waals surface area contributed by atoms with Crippen molar-refractivity contribution >= 4 is 22.0 Å². The molecule has 0 saturated carbocycles. The van der Waals surface area contributed by atoms with E-state index in [2.05, 4.69) is 21.9 Å². The van der Waals surface area contributed by atoms with Gasteiger partial charge in [-0.1, -0.05) is 12.1 Å². The molecule has 0 aliphatic carbocycles. The van der Waals surface area contributed by atoms with Crippen molar-refractivity contribution in [1.29, 1.82) is 0 Å². The molecule has 1 saturated heterocycles. The monoisotopic (exact) mass is 374 g/mol. The predicted molar refractivity (Wildman–Crippen MR) is 110 cm³/mol. The highest BCUT2D eigenvalue weighted by Crippen LogP contribution is 2.28. The van der Waals surface area contributed by atoms with Crippen LogP contribution >= 0.6 is 0 Å². The first kappa shape index (κ1) is 17.1. The van der Waals surface area contributed by atoms with Crippen molar-refractivity contribution in [3.63, 3.8) is 0 Å². The van der Waals surface area contributed by atoms with Crippen molar-refractivity contribution < 1.29 is 4.42 Å². The van der Waals surface area contributed by atoms with Crippen molar-refractivity contribution in [3.8, 4) is 11.1 Å². The summed E-state index contributed by atoms with van der Waals surface area (Å²) in [6, 6.07) is 11.8. The van der Waals surface area contributed by atoms with E-state index in [-0.39, 0.29) is 5.56 Å². The summed E-state index contributed by atoms with van der Waals surface area (Å²) in [7, 11) is 2.13. The number of aryl methyl sites for hydroxylation is 1. The van der Waals surface area contributed by atoms with Crippen molar-refractivity contribution in [2.45, 2.75) is 25.7 Å². The molecule has 0 unspecified atom stereocenters. The van der Waals surface area contributed by atoms with E-state index >= 15 is 0 Å². The van der Waals surface area contributed by atoms with Crippen LogP contribution in [0.4, 0.5) is 0 Å². The van der Waals surface area contributed by atoms with Crippen molar-refractivity contribution in [2.75, 3.05) is 20.1 Å². The molecule has 142 valence electrons. The molecule has 2 aromatic heterocycles. The van der Waals surface area contributed by atoms with Gasteiger partial charge >= 0.3 is 0 Å². The molecule has 0 atom stereocenters. The fourth-order valence-electron chi connectivity index (χ4n) is 4.03. The molecule has 2 aromatic carbocycles. The molecule has 5 rings (SSSR count). The molecule has 0 bridgehead atoms. The molecular formula is C22H22N4O2. The van der Waals surface area contributed by atoms with Crippen LogP contribution in [0.2, 0.25) is 0 Å². The lowest BCUT2D eigenvalue weighted by Crippen LogP contribution is -2.30. The lowest BCUT2D eigenvalue weighted by molar-refractivity contribution is 0.251. The minimum atomic E-state index is -0.0702. The number of nitrogens with zero attached hydrogens (tertiary/aromatic N) is 3. The average Bonchev–Trinajstić information content (AvgIpc) is 3.07. The van der Waals surface area contributed by atoms with Gasteiger partial charge in [-0.25, -0.2) is 9.97 Å². The number of nitrogens with one attached hydrogen (secondary N) is 1. The number of aromatic amines is 1. The Balaban J connectivity index is 1.54. The standard InChI is InChI=1S/C22H22N4O2/c1-13-23-19-12-16(4-6-20(19)28-13)15-3-5-18-17(11-15)22(27)25-21(24-18)14-7-9-26(2)10-8-14/h3-6,11-12,14H,7-10H2,1-2H3,(H,24,25,27). The Morgan fingerprint density at radius 1 is 1.04 bits per heavy atom. The molecule has 28 heavy (non-hydrogen) atoms. The van der Waals surface area contributed by atoms with E-state index in [1.165, 1.54) is 0 Å². The Bertz CT molecular complexity index is 1230. The summed E-state index contributed by atoms with van der Waals surface area (Å²) in [6.07, 6.45) is 2.06. The van der Waals surface area contributed by atoms with Gasteiger partial charge in [-0.05, 0) is 68.4 Å². The van der Waals surface area contributed by atoms with E-state index in [1.54, 1.807) is 0 Å². The summed E-state index contributed by atoms with van der Waals surface area (Å²) in [4.78, 5) is 27.3. The van der Waals surface area contributed by atoms with Gasteiger partial charge in [0.2, 0.25) is 0 Å². The van der Waals surface area contributed by atoms with E-state index in [4.69, 9.17) is 9.40 Å². The smallest absolute Gasteiger partial charge is 0.258 e. The number of H-pyrrole nitrogens is 1. The average molecular weight is 374 g/mol. The number of rotatable bonds is 2. The van der Waals surface area contributed by atoms with Gasteiger partial charge in [0.05, 0.1) is 10.9 Å². The lowest BCUT2D eigenvalue weighted by atomic mass is 9.96. The lowest BCUT2D eigenvalue weighted by Gasteiger charge is -2.28. The van der Waals surface area contributed by atoms with E-state index in [1.807, 2.05) is 43.3 Å². The molecule has 1 aliphatic heterocycles. The van der Waals surface area contributed by atoms with Crippen molar-refractivity contribution in [1.82, 2.24) is 19.9 Å². The Kier molecular flexibility index (Phi) is 4.02. The topological polar surface area (TPSA) is 75.0 Å². The second-order valence-electron chi connectivity index (χ2n) is 7.68. The minimum Gasteiger partial charge on any atom is -0.441 e. The first-order valence-electron chi connectivity index (χ1n) is 9.67. The van der Waals surface area contributed by atoms with Crippen LogP contribution in [-0.2, 0) is 0 Å². The van der Waals surface area contributed by atoms with E-state index < -0.39 is 0 Å². The maximum atomic E-state index is 12.8. The highest BCUT2D eigenvalue weighted by Gasteiger charge is 2.21. The van der Waals surface area contributed by atoms with Crippen LogP contribution in [-0.4, -0.2) is 40.0 Å². The van der Waals surface area contributed by atoms with Gasteiger partial charge in [-0.2, -0.15) is 0 Å². The number of benzene rings is 2. The van der Waals surface area contributed by atoms with Crippen LogP contribution in [0.1, 0.15) is 30.5 Å². The highest BCUT2D eigenvalue weighted by atomic mass is 16.3. The Hall–Kier alpha value is -2.99. The zero-order chi connectivity index (χ0) is 19.3. The molecule has 1 fully saturated rings. The molecule has 6 nitrogen and oxygen atoms in total. The number of hydrogen-bond acceptors (Lipinski definition) is 5. The van der Waals surface area contributed by atoms with Gasteiger partial charge in [-0.3, -0.25) is 4.79 Å². The van der Waals surface area contributed by atoms with Gasteiger partial charge in [0.15, 0.2) is 11.5 Å².